The molecule has 142 valence electrons. The molecule has 3 aliphatic rings. The van der Waals surface area contributed by atoms with Gasteiger partial charge in [-0.25, -0.2) is 9.80 Å². The number of benzene rings is 1. The van der Waals surface area contributed by atoms with Crippen LogP contribution in [0.15, 0.2) is 18.2 Å². The summed E-state index contributed by atoms with van der Waals surface area (Å²) in [5, 5.41) is 11.4. The van der Waals surface area contributed by atoms with Crippen LogP contribution in [0.4, 0.5) is 4.79 Å². The fourth-order valence-corrected chi connectivity index (χ4v) is 6.05. The molecule has 1 amide bonds. The van der Waals surface area contributed by atoms with Crippen molar-refractivity contribution in [1.29, 1.82) is 0 Å². The van der Waals surface area contributed by atoms with Crippen molar-refractivity contribution in [2.75, 3.05) is 14.1 Å². The van der Waals surface area contributed by atoms with Gasteiger partial charge in [0.05, 0.1) is 0 Å². The Labute approximate surface area is 155 Å². The highest BCUT2D eigenvalue weighted by molar-refractivity contribution is 5.66. The van der Waals surface area contributed by atoms with Gasteiger partial charge < -0.3 is 9.84 Å². The lowest BCUT2D eigenvalue weighted by molar-refractivity contribution is -0.0350. The van der Waals surface area contributed by atoms with Gasteiger partial charge in [-0.05, 0) is 79.5 Å². The third-order valence-corrected chi connectivity index (χ3v) is 7.19. The van der Waals surface area contributed by atoms with Crippen LogP contribution >= 0.6 is 0 Å². The van der Waals surface area contributed by atoms with Gasteiger partial charge >= 0.3 is 6.09 Å². The van der Waals surface area contributed by atoms with E-state index < -0.39 is 0 Å². The smallest absolute Gasteiger partial charge is 0.422 e. The summed E-state index contributed by atoms with van der Waals surface area (Å²) in [4.78, 5) is 12.1. The molecule has 0 heterocycles. The molecule has 5 heteroatoms. The normalized spacial score (nSPS) is 35.4. The van der Waals surface area contributed by atoms with E-state index in [9.17, 15) is 9.90 Å². The molecule has 5 atom stereocenters. The summed E-state index contributed by atoms with van der Waals surface area (Å²) in [5.74, 6) is 2.24. The van der Waals surface area contributed by atoms with Crippen LogP contribution in [0.25, 0.3) is 0 Å². The molecule has 0 saturated heterocycles. The van der Waals surface area contributed by atoms with Gasteiger partial charge in [0, 0.05) is 19.5 Å². The van der Waals surface area contributed by atoms with Gasteiger partial charge in [0.15, 0.2) is 0 Å². The van der Waals surface area contributed by atoms with Gasteiger partial charge in [-0.1, -0.05) is 13.0 Å². The van der Waals surface area contributed by atoms with E-state index in [1.54, 1.807) is 19.1 Å². The number of hydrogen-bond acceptors (Lipinski definition) is 4. The Kier molecular flexibility index (Phi) is 4.38. The number of amides is 1. The topological polar surface area (TPSA) is 61.8 Å². The summed E-state index contributed by atoms with van der Waals surface area (Å²) in [6, 6.07) is 5.92. The number of nitrogens with zero attached hydrogens (tertiary/aromatic N) is 1. The molecule has 2 fully saturated rings. The third-order valence-electron chi connectivity index (χ3n) is 7.19. The summed E-state index contributed by atoms with van der Waals surface area (Å²) in [6.45, 7) is 2.33. The lowest BCUT2D eigenvalue weighted by Gasteiger charge is -2.50. The van der Waals surface area contributed by atoms with Gasteiger partial charge in [-0.15, -0.1) is 0 Å². The second-order valence-corrected chi connectivity index (χ2v) is 8.82. The van der Waals surface area contributed by atoms with Crippen LogP contribution in [-0.4, -0.2) is 36.4 Å². The Bertz CT molecular complexity index is 704. The van der Waals surface area contributed by atoms with Gasteiger partial charge in [-0.2, -0.15) is 0 Å². The van der Waals surface area contributed by atoms with Crippen molar-refractivity contribution in [3.8, 4) is 5.75 Å². The summed E-state index contributed by atoms with van der Waals surface area (Å²) < 4.78 is 5.83. The predicted molar refractivity (Wildman–Crippen MR) is 99.8 cm³/mol. The first-order valence-corrected chi connectivity index (χ1v) is 9.85. The van der Waals surface area contributed by atoms with Crippen LogP contribution in [0.3, 0.4) is 0 Å². The highest BCUT2D eigenvalue weighted by Crippen LogP contribution is 2.61. The van der Waals surface area contributed by atoms with Crippen LogP contribution in [0.2, 0.25) is 0 Å². The maximum atomic E-state index is 12.1. The van der Waals surface area contributed by atoms with Crippen LogP contribution in [-0.2, 0) is 11.2 Å². The minimum atomic E-state index is -0.339. The quantitative estimate of drug-likeness (QED) is 0.789. The molecule has 2 N–H and O–H groups in total. The van der Waals surface area contributed by atoms with E-state index in [0.29, 0.717) is 23.5 Å². The fourth-order valence-electron chi connectivity index (χ4n) is 6.05. The first-order chi connectivity index (χ1) is 12.4. The molecule has 0 radical (unpaired) electrons. The Morgan fingerprint density at radius 1 is 1.27 bits per heavy atom. The average molecular weight is 358 g/mol. The SMILES string of the molecule is CN(C)NC(=O)OC1CCC2C3CCc4cc(O)ccc4C3CCC12C. The number of hydrogen-bond donors (Lipinski definition) is 2. The number of phenols is 1. The molecule has 5 nitrogen and oxygen atoms in total. The first kappa shape index (κ1) is 17.7. The number of ether oxygens (including phenoxy) is 1. The predicted octanol–water partition coefficient (Wildman–Crippen LogP) is 3.82. The minimum absolute atomic E-state index is 0.00890. The first-order valence-electron chi connectivity index (χ1n) is 9.85. The van der Waals surface area contributed by atoms with Crippen molar-refractivity contribution in [3.05, 3.63) is 29.3 Å². The second kappa shape index (κ2) is 6.45. The molecule has 1 aromatic rings. The van der Waals surface area contributed by atoms with E-state index in [-0.39, 0.29) is 17.6 Å². The van der Waals surface area contributed by atoms with E-state index in [1.807, 2.05) is 12.1 Å². The Balaban J connectivity index is 1.53. The summed E-state index contributed by atoms with van der Waals surface area (Å²) in [5.41, 5.74) is 5.55. The van der Waals surface area contributed by atoms with Crippen molar-refractivity contribution in [2.45, 2.75) is 57.5 Å². The zero-order valence-electron chi connectivity index (χ0n) is 16.0. The lowest BCUT2D eigenvalue weighted by atomic mass is 9.55. The van der Waals surface area contributed by atoms with E-state index >= 15 is 0 Å². The van der Waals surface area contributed by atoms with E-state index in [2.05, 4.69) is 18.4 Å². The number of aromatic hydroxyl groups is 1. The molecule has 0 aromatic heterocycles. The molecular weight excluding hydrogens is 328 g/mol. The lowest BCUT2D eigenvalue weighted by Crippen LogP contribution is -2.47. The molecule has 3 aliphatic carbocycles. The van der Waals surface area contributed by atoms with Crippen molar-refractivity contribution in [3.63, 3.8) is 0 Å². The molecule has 2 saturated carbocycles. The standard InChI is InChI=1S/C21H30N2O3/c1-21-11-10-16-15-7-5-14(24)12-13(15)4-6-17(16)18(21)8-9-19(21)26-20(25)22-23(2)3/h5,7,12,16-19,24H,4,6,8-11H2,1-3H3,(H,22,25). The number of carbonyl (C=O) groups excluding carboxylic acids is 1. The second-order valence-electron chi connectivity index (χ2n) is 8.82. The van der Waals surface area contributed by atoms with E-state index in [0.717, 1.165) is 32.1 Å². The van der Waals surface area contributed by atoms with Gasteiger partial charge in [0.2, 0.25) is 0 Å². The van der Waals surface area contributed by atoms with Crippen molar-refractivity contribution < 1.29 is 14.6 Å². The van der Waals surface area contributed by atoms with E-state index in [4.69, 9.17) is 4.74 Å². The summed E-state index contributed by atoms with van der Waals surface area (Å²) >= 11 is 0. The zero-order chi connectivity index (χ0) is 18.5. The van der Waals surface area contributed by atoms with Gasteiger partial charge in [0.1, 0.15) is 11.9 Å². The average Bonchev–Trinajstić information content (AvgIpc) is 2.90. The number of rotatable bonds is 2. The molecule has 0 aliphatic heterocycles. The fraction of sp³-hybridized carbons (Fsp3) is 0.667. The van der Waals surface area contributed by atoms with Crippen LogP contribution < -0.4 is 5.43 Å². The molecule has 26 heavy (non-hydrogen) atoms. The maximum absolute atomic E-state index is 12.1. The third kappa shape index (κ3) is 2.86. The molecule has 0 bridgehead atoms. The van der Waals surface area contributed by atoms with Gasteiger partial charge in [-0.3, -0.25) is 5.43 Å². The van der Waals surface area contributed by atoms with Crippen LogP contribution in [0.1, 0.15) is 56.1 Å². The highest BCUT2D eigenvalue weighted by atomic mass is 16.6. The molecular formula is C21H30N2O3. The Morgan fingerprint density at radius 2 is 2.08 bits per heavy atom. The van der Waals surface area contributed by atoms with Crippen molar-refractivity contribution in [1.82, 2.24) is 10.4 Å². The molecule has 4 rings (SSSR count). The number of phenolic OH excluding ortho intramolecular Hbond substituents is 1. The largest absolute Gasteiger partial charge is 0.508 e. The summed E-state index contributed by atoms with van der Waals surface area (Å²) in [7, 11) is 3.59. The zero-order valence-corrected chi connectivity index (χ0v) is 16.0. The number of fused-ring (bicyclic) bond motifs is 5. The minimum Gasteiger partial charge on any atom is -0.508 e. The molecule has 0 spiro atoms. The van der Waals surface area contributed by atoms with E-state index in [1.165, 1.54) is 17.5 Å². The number of nitrogens with one attached hydrogen (secondary N) is 1. The Morgan fingerprint density at radius 3 is 2.85 bits per heavy atom. The summed E-state index contributed by atoms with van der Waals surface area (Å²) in [6.07, 6.45) is 6.24. The number of hydrazine groups is 1. The molecule has 1 aromatic carbocycles. The van der Waals surface area contributed by atoms with Crippen molar-refractivity contribution >= 4 is 6.09 Å². The monoisotopic (exact) mass is 358 g/mol. The number of carbonyl (C=O) groups is 1. The van der Waals surface area contributed by atoms with Crippen LogP contribution in [0, 0.1) is 17.3 Å². The number of aryl methyl sites for hydroxylation is 1. The Hall–Kier alpha value is -1.75. The molecule has 5 unspecified atom stereocenters. The highest BCUT2D eigenvalue weighted by Gasteiger charge is 2.56. The van der Waals surface area contributed by atoms with Crippen LogP contribution in [0.5, 0.6) is 5.75 Å². The van der Waals surface area contributed by atoms with Crippen molar-refractivity contribution in [2.24, 2.45) is 17.3 Å². The maximum Gasteiger partial charge on any atom is 0.422 e. The van der Waals surface area contributed by atoms with Gasteiger partial charge in [0.25, 0.3) is 0 Å².